The van der Waals surface area contributed by atoms with Crippen LogP contribution in [-0.2, 0) is 9.53 Å². The first-order chi connectivity index (χ1) is 7.87. The van der Waals surface area contributed by atoms with Crippen molar-refractivity contribution in [2.24, 2.45) is 23.2 Å². The van der Waals surface area contributed by atoms with Crippen molar-refractivity contribution in [2.45, 2.75) is 47.0 Å². The number of hydrogen-bond donors (Lipinski definition) is 1. The lowest BCUT2D eigenvalue weighted by Crippen LogP contribution is -2.38. The summed E-state index contributed by atoms with van der Waals surface area (Å²) >= 11 is 0. The summed E-state index contributed by atoms with van der Waals surface area (Å²) in [5.41, 5.74) is 0.230. The molecule has 0 amide bonds. The number of aliphatic hydroxyl groups is 1. The van der Waals surface area contributed by atoms with Crippen molar-refractivity contribution < 1.29 is 14.6 Å². The summed E-state index contributed by atoms with van der Waals surface area (Å²) in [5.74, 6) is 0.822. The molecule has 0 spiro atoms. The molecule has 100 valence electrons. The third-order valence-electron chi connectivity index (χ3n) is 3.94. The zero-order valence-corrected chi connectivity index (χ0v) is 11.5. The summed E-state index contributed by atoms with van der Waals surface area (Å²) < 4.78 is 5.12. The Labute approximate surface area is 105 Å². The van der Waals surface area contributed by atoms with Crippen LogP contribution in [0.5, 0.6) is 0 Å². The van der Waals surface area contributed by atoms with Gasteiger partial charge in [0.05, 0.1) is 12.5 Å². The van der Waals surface area contributed by atoms with Gasteiger partial charge >= 0.3 is 5.97 Å². The van der Waals surface area contributed by atoms with Crippen LogP contribution in [0.4, 0.5) is 0 Å². The van der Waals surface area contributed by atoms with Crippen molar-refractivity contribution in [3.05, 3.63) is 0 Å². The summed E-state index contributed by atoms with van der Waals surface area (Å²) in [4.78, 5) is 12.0. The molecule has 1 aliphatic rings. The van der Waals surface area contributed by atoms with Crippen molar-refractivity contribution in [2.75, 3.05) is 13.2 Å². The molecule has 2 unspecified atom stereocenters. The standard InChI is InChI=1S/C14H26O3/c1-10(2)11-5-6-14(3,4)9-12(11)13(16)17-8-7-15/h10-12,15H,5-9H2,1-4H3. The summed E-state index contributed by atoms with van der Waals surface area (Å²) in [7, 11) is 0. The summed E-state index contributed by atoms with van der Waals surface area (Å²) in [5, 5.41) is 8.71. The Bertz CT molecular complexity index is 258. The van der Waals surface area contributed by atoms with Crippen LogP contribution >= 0.6 is 0 Å². The van der Waals surface area contributed by atoms with Gasteiger partial charge in [-0.3, -0.25) is 4.79 Å². The molecule has 1 rings (SSSR count). The second kappa shape index (κ2) is 5.85. The lowest BCUT2D eigenvalue weighted by Gasteiger charge is -2.41. The van der Waals surface area contributed by atoms with E-state index in [1.165, 1.54) is 6.42 Å². The van der Waals surface area contributed by atoms with Gasteiger partial charge in [0.1, 0.15) is 6.61 Å². The zero-order chi connectivity index (χ0) is 13.1. The second-order valence-electron chi connectivity index (χ2n) is 6.31. The van der Waals surface area contributed by atoms with Crippen LogP contribution in [0.2, 0.25) is 0 Å². The SMILES string of the molecule is CC(C)C1CCC(C)(C)CC1C(=O)OCCO. The highest BCUT2D eigenvalue weighted by Crippen LogP contribution is 2.44. The van der Waals surface area contributed by atoms with E-state index in [9.17, 15) is 4.79 Å². The number of rotatable bonds is 4. The van der Waals surface area contributed by atoms with E-state index in [0.717, 1.165) is 12.8 Å². The van der Waals surface area contributed by atoms with Gasteiger partial charge in [-0.05, 0) is 36.5 Å². The molecule has 17 heavy (non-hydrogen) atoms. The largest absolute Gasteiger partial charge is 0.463 e. The Hall–Kier alpha value is -0.570. The Morgan fingerprint density at radius 1 is 1.47 bits per heavy atom. The molecule has 1 fully saturated rings. The first-order valence-corrected chi connectivity index (χ1v) is 6.65. The van der Waals surface area contributed by atoms with Gasteiger partial charge in [0.25, 0.3) is 0 Å². The first kappa shape index (κ1) is 14.5. The summed E-state index contributed by atoms with van der Waals surface area (Å²) in [6.07, 6.45) is 3.18. The van der Waals surface area contributed by atoms with E-state index in [0.29, 0.717) is 11.8 Å². The summed E-state index contributed by atoms with van der Waals surface area (Å²) in [6.45, 7) is 8.82. The van der Waals surface area contributed by atoms with Crippen LogP contribution in [0, 0.1) is 23.2 Å². The smallest absolute Gasteiger partial charge is 0.309 e. The van der Waals surface area contributed by atoms with E-state index in [1.54, 1.807) is 0 Å². The number of carbonyl (C=O) groups excluding carboxylic acids is 1. The molecule has 0 heterocycles. The van der Waals surface area contributed by atoms with Crippen molar-refractivity contribution in [3.8, 4) is 0 Å². The summed E-state index contributed by atoms with van der Waals surface area (Å²) in [6, 6.07) is 0. The van der Waals surface area contributed by atoms with Gasteiger partial charge in [0.15, 0.2) is 0 Å². The molecule has 1 N–H and O–H groups in total. The normalized spacial score (nSPS) is 28.1. The highest BCUT2D eigenvalue weighted by atomic mass is 16.5. The molecular formula is C14H26O3. The molecule has 0 aliphatic heterocycles. The van der Waals surface area contributed by atoms with Crippen LogP contribution in [0.3, 0.4) is 0 Å². The Balaban J connectivity index is 2.70. The molecule has 2 atom stereocenters. The van der Waals surface area contributed by atoms with Crippen molar-refractivity contribution in [1.29, 1.82) is 0 Å². The second-order valence-corrected chi connectivity index (χ2v) is 6.31. The van der Waals surface area contributed by atoms with Gasteiger partial charge in [-0.1, -0.05) is 27.7 Å². The Morgan fingerprint density at radius 3 is 2.65 bits per heavy atom. The predicted molar refractivity (Wildman–Crippen MR) is 67.5 cm³/mol. The van der Waals surface area contributed by atoms with Gasteiger partial charge in [0, 0.05) is 0 Å². The molecule has 1 saturated carbocycles. The van der Waals surface area contributed by atoms with Gasteiger partial charge in [-0.15, -0.1) is 0 Å². The maximum absolute atomic E-state index is 12.0. The molecule has 0 saturated heterocycles. The molecule has 1 aliphatic carbocycles. The van der Waals surface area contributed by atoms with Gasteiger partial charge in [-0.25, -0.2) is 0 Å². The minimum atomic E-state index is -0.120. The quantitative estimate of drug-likeness (QED) is 0.771. The van der Waals surface area contributed by atoms with Gasteiger partial charge < -0.3 is 9.84 Å². The lowest BCUT2D eigenvalue weighted by atomic mass is 9.64. The van der Waals surface area contributed by atoms with Crippen molar-refractivity contribution >= 4 is 5.97 Å². The molecule has 3 heteroatoms. The number of ether oxygens (including phenoxy) is 1. The Kier molecular flexibility index (Phi) is 4.99. The molecule has 3 nitrogen and oxygen atoms in total. The third kappa shape index (κ3) is 3.98. The molecule has 0 aromatic rings. The third-order valence-corrected chi connectivity index (χ3v) is 3.94. The van der Waals surface area contributed by atoms with Crippen LogP contribution in [0.25, 0.3) is 0 Å². The Morgan fingerprint density at radius 2 is 2.12 bits per heavy atom. The number of hydrogen-bond acceptors (Lipinski definition) is 3. The molecule has 0 aromatic heterocycles. The fraction of sp³-hybridized carbons (Fsp3) is 0.929. The molecule has 0 bridgehead atoms. The van der Waals surface area contributed by atoms with Crippen LogP contribution in [0.15, 0.2) is 0 Å². The maximum atomic E-state index is 12.0. The monoisotopic (exact) mass is 242 g/mol. The number of carbonyl (C=O) groups is 1. The minimum Gasteiger partial charge on any atom is -0.463 e. The predicted octanol–water partition coefficient (Wildman–Crippen LogP) is 2.62. The molecular weight excluding hydrogens is 216 g/mol. The average molecular weight is 242 g/mol. The number of aliphatic hydroxyl groups excluding tert-OH is 1. The fourth-order valence-electron chi connectivity index (χ4n) is 2.92. The maximum Gasteiger partial charge on any atom is 0.309 e. The van der Waals surface area contributed by atoms with Gasteiger partial charge in [0.2, 0.25) is 0 Å². The van der Waals surface area contributed by atoms with Crippen molar-refractivity contribution in [1.82, 2.24) is 0 Å². The van der Waals surface area contributed by atoms with Gasteiger partial charge in [-0.2, -0.15) is 0 Å². The number of esters is 1. The van der Waals surface area contributed by atoms with Crippen LogP contribution < -0.4 is 0 Å². The van der Waals surface area contributed by atoms with E-state index < -0.39 is 0 Å². The lowest BCUT2D eigenvalue weighted by molar-refractivity contribution is -0.155. The average Bonchev–Trinajstić information content (AvgIpc) is 2.24. The van der Waals surface area contributed by atoms with E-state index >= 15 is 0 Å². The van der Waals surface area contributed by atoms with E-state index in [2.05, 4.69) is 27.7 Å². The molecule has 0 radical (unpaired) electrons. The van der Waals surface area contributed by atoms with E-state index in [-0.39, 0.29) is 30.5 Å². The van der Waals surface area contributed by atoms with Crippen LogP contribution in [0.1, 0.15) is 47.0 Å². The van der Waals surface area contributed by atoms with E-state index in [4.69, 9.17) is 9.84 Å². The van der Waals surface area contributed by atoms with E-state index in [1.807, 2.05) is 0 Å². The topological polar surface area (TPSA) is 46.5 Å². The minimum absolute atomic E-state index is 0.00491. The zero-order valence-electron chi connectivity index (χ0n) is 11.5. The highest BCUT2D eigenvalue weighted by molar-refractivity contribution is 5.73. The highest BCUT2D eigenvalue weighted by Gasteiger charge is 2.40. The molecule has 0 aromatic carbocycles. The first-order valence-electron chi connectivity index (χ1n) is 6.65. The van der Waals surface area contributed by atoms with Crippen LogP contribution in [-0.4, -0.2) is 24.3 Å². The van der Waals surface area contributed by atoms with Crippen molar-refractivity contribution in [3.63, 3.8) is 0 Å². The fourth-order valence-corrected chi connectivity index (χ4v) is 2.92.